The molecule has 0 saturated carbocycles. The Balaban J connectivity index is 1.55. The molecule has 1 aromatic heterocycles. The lowest BCUT2D eigenvalue weighted by Crippen LogP contribution is -2.27. The van der Waals surface area contributed by atoms with Crippen molar-refractivity contribution >= 4 is 28.9 Å². The van der Waals surface area contributed by atoms with Gasteiger partial charge in [-0.2, -0.15) is 9.78 Å². The quantitative estimate of drug-likeness (QED) is 0.328. The Morgan fingerprint density at radius 3 is 2.51 bits per heavy atom. The molecule has 5 rings (SSSR count). The van der Waals surface area contributed by atoms with E-state index in [0.29, 0.717) is 27.7 Å². The molecule has 37 heavy (non-hydrogen) atoms. The van der Waals surface area contributed by atoms with Crippen molar-refractivity contribution in [2.75, 3.05) is 18.4 Å². The predicted molar refractivity (Wildman–Crippen MR) is 146 cm³/mol. The summed E-state index contributed by atoms with van der Waals surface area (Å²) in [6, 6.07) is 19.8. The van der Waals surface area contributed by atoms with E-state index >= 15 is 0 Å². The van der Waals surface area contributed by atoms with Gasteiger partial charge < -0.3 is 15.0 Å². The number of nitrogens with zero attached hydrogens (tertiary/aromatic N) is 3. The summed E-state index contributed by atoms with van der Waals surface area (Å²) in [7, 11) is 0. The third-order valence-corrected chi connectivity index (χ3v) is 6.71. The lowest BCUT2D eigenvalue weighted by molar-refractivity contribution is 0.0793. The number of aryl methyl sites for hydroxylation is 2. The molecule has 8 heteroatoms. The summed E-state index contributed by atoms with van der Waals surface area (Å²) >= 11 is 6.16. The van der Waals surface area contributed by atoms with E-state index in [9.17, 15) is 9.59 Å². The van der Waals surface area contributed by atoms with Crippen LogP contribution in [0.5, 0.6) is 11.5 Å². The number of nitrogens with one attached hydrogen (secondary N) is 1. The lowest BCUT2D eigenvalue weighted by atomic mass is 10.1. The van der Waals surface area contributed by atoms with Crippen LogP contribution in [-0.4, -0.2) is 33.7 Å². The largest absolute Gasteiger partial charge is 0.453 e. The molecular formula is C29H27ClN4O3. The number of carbonyl (C=O) groups excluding carboxylic acids is 1. The molecule has 0 atom stereocenters. The minimum atomic E-state index is -0.417. The molecule has 0 radical (unpaired) electrons. The van der Waals surface area contributed by atoms with Gasteiger partial charge in [-0.05, 0) is 86.3 Å². The van der Waals surface area contributed by atoms with Crippen LogP contribution >= 0.6 is 11.6 Å². The highest BCUT2D eigenvalue weighted by atomic mass is 35.5. The number of amides is 1. The first kappa shape index (κ1) is 24.6. The molecule has 3 aromatic carbocycles. The van der Waals surface area contributed by atoms with Crippen molar-refractivity contribution in [2.45, 2.75) is 26.7 Å². The highest BCUT2D eigenvalue weighted by Crippen LogP contribution is 2.30. The smallest absolute Gasteiger partial charge is 0.299 e. The highest BCUT2D eigenvalue weighted by Gasteiger charge is 2.21. The molecule has 4 aromatic rings. The van der Waals surface area contributed by atoms with Crippen LogP contribution in [0.1, 0.15) is 34.3 Å². The number of ether oxygens (including phenoxy) is 1. The van der Waals surface area contributed by atoms with Crippen LogP contribution in [0.3, 0.4) is 0 Å². The van der Waals surface area contributed by atoms with Gasteiger partial charge in [-0.3, -0.25) is 9.59 Å². The van der Waals surface area contributed by atoms with Gasteiger partial charge in [-0.25, -0.2) is 0 Å². The minimum Gasteiger partial charge on any atom is -0.453 e. The summed E-state index contributed by atoms with van der Waals surface area (Å²) in [6.45, 7) is 5.55. The topological polar surface area (TPSA) is 76.5 Å². The van der Waals surface area contributed by atoms with E-state index in [-0.39, 0.29) is 17.3 Å². The van der Waals surface area contributed by atoms with E-state index < -0.39 is 5.56 Å². The molecule has 0 unspecified atom stereocenters. The van der Waals surface area contributed by atoms with E-state index in [1.165, 1.54) is 10.9 Å². The summed E-state index contributed by atoms with van der Waals surface area (Å²) in [5.74, 6) is 0.840. The van der Waals surface area contributed by atoms with Crippen LogP contribution in [0, 0.1) is 13.8 Å². The Bertz CT molecular complexity index is 1530. The molecule has 1 fully saturated rings. The predicted octanol–water partition coefficient (Wildman–Crippen LogP) is 6.27. The van der Waals surface area contributed by atoms with E-state index in [0.717, 1.165) is 37.1 Å². The van der Waals surface area contributed by atoms with Gasteiger partial charge in [0.2, 0.25) is 0 Å². The van der Waals surface area contributed by atoms with Gasteiger partial charge in [-0.1, -0.05) is 29.8 Å². The van der Waals surface area contributed by atoms with Crippen molar-refractivity contribution in [3.63, 3.8) is 0 Å². The van der Waals surface area contributed by atoms with Gasteiger partial charge in [0.25, 0.3) is 11.5 Å². The SMILES string of the molecule is Cc1ccc(Oc2cnn(-c3cccc(Cl)c3)c(=O)c2Nc2cccc(C(=O)N3CCCC3)c2)cc1C. The molecule has 1 amide bonds. The Kier molecular flexibility index (Phi) is 6.97. The van der Waals surface area contributed by atoms with Gasteiger partial charge in [0.1, 0.15) is 5.75 Å². The zero-order valence-corrected chi connectivity index (χ0v) is 21.5. The van der Waals surface area contributed by atoms with Crippen molar-refractivity contribution in [2.24, 2.45) is 0 Å². The number of aromatic nitrogens is 2. The first-order chi connectivity index (χ1) is 17.9. The van der Waals surface area contributed by atoms with Crippen LogP contribution in [-0.2, 0) is 0 Å². The molecule has 0 spiro atoms. The Morgan fingerprint density at radius 1 is 0.973 bits per heavy atom. The molecule has 0 bridgehead atoms. The highest BCUT2D eigenvalue weighted by molar-refractivity contribution is 6.30. The van der Waals surface area contributed by atoms with Crippen LogP contribution in [0.2, 0.25) is 5.02 Å². The molecular weight excluding hydrogens is 488 g/mol. The van der Waals surface area contributed by atoms with Gasteiger partial charge in [0, 0.05) is 29.4 Å². The van der Waals surface area contributed by atoms with Crippen molar-refractivity contribution in [1.82, 2.24) is 14.7 Å². The third kappa shape index (κ3) is 5.37. The van der Waals surface area contributed by atoms with Gasteiger partial charge >= 0.3 is 0 Å². The lowest BCUT2D eigenvalue weighted by Gasteiger charge is -2.17. The van der Waals surface area contributed by atoms with Crippen molar-refractivity contribution in [1.29, 1.82) is 0 Å². The van der Waals surface area contributed by atoms with E-state index in [1.54, 1.807) is 42.5 Å². The normalized spacial score (nSPS) is 13.0. The maximum Gasteiger partial charge on any atom is 0.299 e. The molecule has 188 valence electrons. The number of benzene rings is 3. The van der Waals surface area contributed by atoms with E-state index in [1.807, 2.05) is 43.0 Å². The van der Waals surface area contributed by atoms with E-state index in [2.05, 4.69) is 10.4 Å². The number of hydrogen-bond donors (Lipinski definition) is 1. The molecule has 1 aliphatic rings. The summed E-state index contributed by atoms with van der Waals surface area (Å²) < 4.78 is 7.40. The fourth-order valence-corrected chi connectivity index (χ4v) is 4.49. The average Bonchev–Trinajstić information content (AvgIpc) is 3.43. The standard InChI is InChI=1S/C29H27ClN4O3/c1-19-11-12-25(15-20(19)2)37-26-18-31-34(24-10-6-8-22(30)17-24)29(36)27(26)32-23-9-5-7-21(16-23)28(35)33-13-3-4-14-33/h5-12,15-18,32H,3-4,13-14H2,1-2H3. The number of halogens is 1. The number of rotatable bonds is 6. The Hall–Kier alpha value is -4.10. The van der Waals surface area contributed by atoms with Crippen molar-refractivity contribution in [3.8, 4) is 17.2 Å². The second-order valence-electron chi connectivity index (χ2n) is 9.13. The summed E-state index contributed by atoms with van der Waals surface area (Å²) in [4.78, 5) is 28.5. The molecule has 1 N–H and O–H groups in total. The second-order valence-corrected chi connectivity index (χ2v) is 9.57. The molecule has 1 aliphatic heterocycles. The van der Waals surface area contributed by atoms with Crippen LogP contribution in [0.25, 0.3) is 5.69 Å². The first-order valence-corrected chi connectivity index (χ1v) is 12.6. The first-order valence-electron chi connectivity index (χ1n) is 12.2. The summed E-state index contributed by atoms with van der Waals surface area (Å²) in [5.41, 5.74) is 3.67. The average molecular weight is 515 g/mol. The Morgan fingerprint density at radius 2 is 1.76 bits per heavy atom. The zero-order valence-electron chi connectivity index (χ0n) is 20.7. The maximum atomic E-state index is 13.7. The monoisotopic (exact) mass is 514 g/mol. The number of carbonyl (C=O) groups is 1. The second kappa shape index (κ2) is 10.5. The van der Waals surface area contributed by atoms with Crippen molar-refractivity contribution in [3.05, 3.63) is 105 Å². The van der Waals surface area contributed by atoms with Crippen LogP contribution in [0.15, 0.2) is 77.7 Å². The maximum absolute atomic E-state index is 13.7. The molecule has 2 heterocycles. The Labute approximate surface area is 220 Å². The van der Waals surface area contributed by atoms with Gasteiger partial charge in [0.05, 0.1) is 11.9 Å². The molecule has 7 nitrogen and oxygen atoms in total. The van der Waals surface area contributed by atoms with E-state index in [4.69, 9.17) is 16.3 Å². The zero-order chi connectivity index (χ0) is 25.9. The summed E-state index contributed by atoms with van der Waals surface area (Å²) in [5, 5.41) is 8.03. The fourth-order valence-electron chi connectivity index (χ4n) is 4.30. The number of anilines is 2. The summed E-state index contributed by atoms with van der Waals surface area (Å²) in [6.07, 6.45) is 3.53. The number of hydrogen-bond acceptors (Lipinski definition) is 5. The minimum absolute atomic E-state index is 0.0150. The van der Waals surface area contributed by atoms with Crippen molar-refractivity contribution < 1.29 is 9.53 Å². The van der Waals surface area contributed by atoms with Crippen LogP contribution < -0.4 is 15.6 Å². The number of likely N-dealkylation sites (tertiary alicyclic amines) is 1. The van der Waals surface area contributed by atoms with Crippen LogP contribution in [0.4, 0.5) is 11.4 Å². The molecule has 0 aliphatic carbocycles. The molecule has 1 saturated heterocycles. The van der Waals surface area contributed by atoms with Gasteiger partial charge in [-0.15, -0.1) is 0 Å². The van der Waals surface area contributed by atoms with Gasteiger partial charge in [0.15, 0.2) is 11.4 Å². The fraction of sp³-hybridized carbons (Fsp3) is 0.207. The third-order valence-electron chi connectivity index (χ3n) is 6.47.